The lowest BCUT2D eigenvalue weighted by molar-refractivity contribution is 0.0999. The van der Waals surface area contributed by atoms with E-state index in [-0.39, 0.29) is 6.04 Å². The van der Waals surface area contributed by atoms with E-state index in [9.17, 15) is 4.79 Å². The average molecular weight is 333 g/mol. The van der Waals surface area contributed by atoms with Crippen LogP contribution in [0, 0.1) is 0 Å². The molecule has 0 radical (unpaired) electrons. The summed E-state index contributed by atoms with van der Waals surface area (Å²) in [5, 5.41) is 3.41. The molecule has 0 bridgehead atoms. The van der Waals surface area contributed by atoms with Crippen molar-refractivity contribution >= 4 is 21.8 Å². The second kappa shape index (κ2) is 6.68. The Morgan fingerprint density at radius 2 is 1.85 bits per heavy atom. The van der Waals surface area contributed by atoms with E-state index >= 15 is 0 Å². The molecule has 2 aromatic carbocycles. The van der Waals surface area contributed by atoms with Crippen LogP contribution in [0.3, 0.4) is 0 Å². The van der Waals surface area contributed by atoms with Crippen LogP contribution in [0.5, 0.6) is 0 Å². The van der Waals surface area contributed by atoms with Crippen molar-refractivity contribution in [1.29, 1.82) is 0 Å². The zero-order chi connectivity index (χ0) is 14.5. The summed E-state index contributed by atoms with van der Waals surface area (Å²) in [6, 6.07) is 15.7. The number of nitrogens with one attached hydrogen (secondary N) is 1. The van der Waals surface area contributed by atoms with Crippen LogP contribution in [-0.2, 0) is 6.54 Å². The van der Waals surface area contributed by atoms with Gasteiger partial charge in [-0.1, -0.05) is 52.3 Å². The highest BCUT2D eigenvalue weighted by Crippen LogP contribution is 2.23. The molecule has 1 amide bonds. The predicted octanol–water partition coefficient (Wildman–Crippen LogP) is 3.40. The minimum absolute atomic E-state index is 0.173. The number of nitrogens with two attached hydrogens (primary N) is 1. The smallest absolute Gasteiger partial charge is 0.249 e. The second-order valence-corrected chi connectivity index (χ2v) is 5.50. The summed E-state index contributed by atoms with van der Waals surface area (Å²) in [5.74, 6) is -0.393. The lowest BCUT2D eigenvalue weighted by Crippen LogP contribution is -2.21. The molecular weight excluding hydrogens is 316 g/mol. The molecule has 104 valence electrons. The maximum Gasteiger partial charge on any atom is 0.249 e. The third-order valence-electron chi connectivity index (χ3n) is 3.25. The van der Waals surface area contributed by atoms with E-state index in [1.807, 2.05) is 36.4 Å². The van der Waals surface area contributed by atoms with Crippen molar-refractivity contribution in [1.82, 2.24) is 5.32 Å². The summed E-state index contributed by atoms with van der Waals surface area (Å²) in [7, 11) is 0. The monoisotopic (exact) mass is 332 g/mol. The molecule has 0 aliphatic rings. The molecule has 0 spiro atoms. The van der Waals surface area contributed by atoms with Gasteiger partial charge in [0.25, 0.3) is 0 Å². The van der Waals surface area contributed by atoms with E-state index in [2.05, 4.69) is 34.2 Å². The Balaban J connectivity index is 2.10. The quantitative estimate of drug-likeness (QED) is 0.881. The van der Waals surface area contributed by atoms with E-state index < -0.39 is 5.91 Å². The van der Waals surface area contributed by atoms with Crippen LogP contribution in [0.25, 0.3) is 0 Å². The Morgan fingerprint density at radius 3 is 2.55 bits per heavy atom. The molecule has 3 N–H and O–H groups in total. The Kier molecular flexibility index (Phi) is 4.93. The van der Waals surface area contributed by atoms with Gasteiger partial charge in [-0.05, 0) is 30.2 Å². The number of hydrogen-bond donors (Lipinski definition) is 2. The normalized spacial score (nSPS) is 12.1. The molecule has 2 aromatic rings. The number of carbonyl (C=O) groups is 1. The minimum atomic E-state index is -0.393. The van der Waals surface area contributed by atoms with Crippen molar-refractivity contribution in [3.63, 3.8) is 0 Å². The van der Waals surface area contributed by atoms with Crippen LogP contribution in [-0.4, -0.2) is 5.91 Å². The number of benzene rings is 2. The molecule has 0 aromatic heterocycles. The lowest BCUT2D eigenvalue weighted by atomic mass is 10.1. The fourth-order valence-corrected chi connectivity index (χ4v) is 2.74. The van der Waals surface area contributed by atoms with E-state index in [0.29, 0.717) is 12.1 Å². The molecule has 0 saturated carbocycles. The molecule has 0 heterocycles. The second-order valence-electron chi connectivity index (χ2n) is 4.65. The Bertz CT molecular complexity index is 613. The first kappa shape index (κ1) is 14.8. The van der Waals surface area contributed by atoms with Gasteiger partial charge in [0.2, 0.25) is 5.91 Å². The van der Waals surface area contributed by atoms with Crippen LogP contribution in [0.1, 0.15) is 34.5 Å². The number of primary amides is 1. The molecule has 0 saturated heterocycles. The summed E-state index contributed by atoms with van der Waals surface area (Å²) in [4.78, 5) is 11.4. The highest BCUT2D eigenvalue weighted by molar-refractivity contribution is 9.10. The molecule has 3 nitrogen and oxygen atoms in total. The summed E-state index contributed by atoms with van der Waals surface area (Å²) < 4.78 is 1.07. The van der Waals surface area contributed by atoms with Gasteiger partial charge in [0, 0.05) is 22.6 Å². The number of rotatable bonds is 5. The Hall–Kier alpha value is -1.65. The van der Waals surface area contributed by atoms with Crippen molar-refractivity contribution in [3.8, 4) is 0 Å². The fourth-order valence-electron chi connectivity index (χ4n) is 2.11. The van der Waals surface area contributed by atoms with E-state index in [0.717, 1.165) is 10.0 Å². The highest BCUT2D eigenvalue weighted by Gasteiger charge is 2.11. The molecule has 0 aliphatic carbocycles. The summed E-state index contributed by atoms with van der Waals surface area (Å²) in [6.45, 7) is 2.69. The third-order valence-corrected chi connectivity index (χ3v) is 3.98. The lowest BCUT2D eigenvalue weighted by Gasteiger charge is -2.16. The average Bonchev–Trinajstić information content (AvgIpc) is 2.45. The van der Waals surface area contributed by atoms with Crippen molar-refractivity contribution in [2.24, 2.45) is 5.73 Å². The Labute approximate surface area is 127 Å². The molecule has 4 heteroatoms. The molecule has 20 heavy (non-hydrogen) atoms. The fraction of sp³-hybridized carbons (Fsp3) is 0.188. The predicted molar refractivity (Wildman–Crippen MR) is 84.4 cm³/mol. The van der Waals surface area contributed by atoms with Crippen LogP contribution < -0.4 is 11.1 Å². The van der Waals surface area contributed by atoms with E-state index in [1.54, 1.807) is 6.07 Å². The standard InChI is InChI=1S/C16H17BrN2O/c1-11(13-7-4-5-9-15(13)17)19-10-12-6-2-3-8-14(12)16(18)20/h2-9,11,19H,10H2,1H3,(H2,18,20)/t11-/m1/s1. The molecule has 0 fully saturated rings. The van der Waals surface area contributed by atoms with Gasteiger partial charge in [-0.3, -0.25) is 4.79 Å². The van der Waals surface area contributed by atoms with Gasteiger partial charge in [0.05, 0.1) is 0 Å². The van der Waals surface area contributed by atoms with Gasteiger partial charge in [-0.2, -0.15) is 0 Å². The van der Waals surface area contributed by atoms with Gasteiger partial charge in [0.15, 0.2) is 0 Å². The topological polar surface area (TPSA) is 55.1 Å². The summed E-state index contributed by atoms with van der Waals surface area (Å²) in [5.41, 5.74) is 8.05. The van der Waals surface area contributed by atoms with E-state index in [1.165, 1.54) is 5.56 Å². The molecule has 0 unspecified atom stereocenters. The van der Waals surface area contributed by atoms with Crippen molar-refractivity contribution in [2.75, 3.05) is 0 Å². The first-order chi connectivity index (χ1) is 9.59. The van der Waals surface area contributed by atoms with Gasteiger partial charge in [-0.15, -0.1) is 0 Å². The van der Waals surface area contributed by atoms with Gasteiger partial charge < -0.3 is 11.1 Å². The minimum Gasteiger partial charge on any atom is -0.366 e. The Morgan fingerprint density at radius 1 is 1.20 bits per heavy atom. The first-order valence-electron chi connectivity index (χ1n) is 6.45. The van der Waals surface area contributed by atoms with Crippen LogP contribution >= 0.6 is 15.9 Å². The highest BCUT2D eigenvalue weighted by atomic mass is 79.9. The zero-order valence-electron chi connectivity index (χ0n) is 11.3. The van der Waals surface area contributed by atoms with Crippen LogP contribution in [0.2, 0.25) is 0 Å². The number of amides is 1. The van der Waals surface area contributed by atoms with Crippen LogP contribution in [0.4, 0.5) is 0 Å². The SMILES string of the molecule is C[C@@H](NCc1ccccc1C(N)=O)c1ccccc1Br. The molecule has 1 atom stereocenters. The summed E-state index contributed by atoms with van der Waals surface area (Å²) in [6.07, 6.45) is 0. The first-order valence-corrected chi connectivity index (χ1v) is 7.24. The van der Waals surface area contributed by atoms with Crippen LogP contribution in [0.15, 0.2) is 53.0 Å². The molecule has 0 aliphatic heterocycles. The van der Waals surface area contributed by atoms with E-state index in [4.69, 9.17) is 5.73 Å². The maximum atomic E-state index is 11.4. The largest absolute Gasteiger partial charge is 0.366 e. The number of halogens is 1. The van der Waals surface area contributed by atoms with Gasteiger partial charge in [0.1, 0.15) is 0 Å². The maximum absolute atomic E-state index is 11.4. The van der Waals surface area contributed by atoms with Crippen molar-refractivity contribution < 1.29 is 4.79 Å². The van der Waals surface area contributed by atoms with Gasteiger partial charge in [-0.25, -0.2) is 0 Å². The molecular formula is C16H17BrN2O. The molecule has 2 rings (SSSR count). The summed E-state index contributed by atoms with van der Waals surface area (Å²) >= 11 is 3.55. The number of carbonyl (C=O) groups excluding carboxylic acids is 1. The van der Waals surface area contributed by atoms with Gasteiger partial charge >= 0.3 is 0 Å². The van der Waals surface area contributed by atoms with Crippen molar-refractivity contribution in [2.45, 2.75) is 19.5 Å². The third kappa shape index (κ3) is 3.46. The number of hydrogen-bond acceptors (Lipinski definition) is 2. The van der Waals surface area contributed by atoms with Crippen molar-refractivity contribution in [3.05, 3.63) is 69.7 Å². The zero-order valence-corrected chi connectivity index (χ0v) is 12.9.